The Kier molecular flexibility index (Phi) is 2.46. The van der Waals surface area contributed by atoms with Gasteiger partial charge in [0.1, 0.15) is 0 Å². The molecule has 0 aromatic heterocycles. The van der Waals surface area contributed by atoms with E-state index >= 15 is 0 Å². The van der Waals surface area contributed by atoms with Gasteiger partial charge in [0, 0.05) is 0 Å². The third-order valence-corrected chi connectivity index (χ3v) is 2.30. The monoisotopic (exact) mass is 234 g/mol. The Morgan fingerprint density at radius 2 is 1.81 bits per heavy atom. The Bertz CT molecular complexity index is 413. The molecule has 1 aromatic carbocycles. The number of rotatable bonds is 1. The third kappa shape index (κ3) is 1.80. The lowest BCUT2D eigenvalue weighted by molar-refractivity contribution is -0.139. The van der Waals surface area contributed by atoms with Crippen LogP contribution in [0.15, 0.2) is 12.1 Å². The lowest BCUT2D eigenvalue weighted by Crippen LogP contribution is -2.10. The first kappa shape index (κ1) is 11.1. The summed E-state index contributed by atoms with van der Waals surface area (Å²) in [4.78, 5) is 0. The fourth-order valence-corrected chi connectivity index (χ4v) is 1.55. The van der Waals surface area contributed by atoms with Crippen molar-refractivity contribution in [2.24, 2.45) is 0 Å². The van der Waals surface area contributed by atoms with Gasteiger partial charge in [0.2, 0.25) is 6.79 Å². The van der Waals surface area contributed by atoms with Crippen LogP contribution in [-0.2, 0) is 6.18 Å². The summed E-state index contributed by atoms with van der Waals surface area (Å²) in [5.41, 5.74) is -1.11. The van der Waals surface area contributed by atoms with E-state index in [1.54, 1.807) is 0 Å². The van der Waals surface area contributed by atoms with Crippen molar-refractivity contribution in [2.45, 2.75) is 19.2 Å². The van der Waals surface area contributed by atoms with Gasteiger partial charge < -0.3 is 14.6 Å². The van der Waals surface area contributed by atoms with Crippen molar-refractivity contribution in [3.05, 3.63) is 23.3 Å². The van der Waals surface area contributed by atoms with Crippen LogP contribution in [0.25, 0.3) is 0 Å². The molecule has 0 spiro atoms. The SMILES string of the molecule is CC(O)c1cc2c(cc1C(F)(F)F)OCO2. The number of hydrogen-bond donors (Lipinski definition) is 1. The van der Waals surface area contributed by atoms with E-state index in [2.05, 4.69) is 0 Å². The highest BCUT2D eigenvalue weighted by molar-refractivity contribution is 5.50. The average Bonchev–Trinajstić information content (AvgIpc) is 2.60. The van der Waals surface area contributed by atoms with E-state index in [1.165, 1.54) is 6.92 Å². The zero-order valence-electron chi connectivity index (χ0n) is 8.34. The maximum absolute atomic E-state index is 12.7. The molecule has 0 amide bonds. The average molecular weight is 234 g/mol. The highest BCUT2D eigenvalue weighted by Gasteiger charge is 2.36. The zero-order chi connectivity index (χ0) is 11.9. The summed E-state index contributed by atoms with van der Waals surface area (Å²) in [5, 5.41) is 9.30. The zero-order valence-corrected chi connectivity index (χ0v) is 8.34. The molecule has 1 aliphatic heterocycles. The molecular formula is C10H9F3O3. The van der Waals surface area contributed by atoms with Gasteiger partial charge >= 0.3 is 6.18 Å². The Morgan fingerprint density at radius 3 is 2.31 bits per heavy atom. The van der Waals surface area contributed by atoms with Gasteiger partial charge in [0.05, 0.1) is 11.7 Å². The van der Waals surface area contributed by atoms with Crippen molar-refractivity contribution >= 4 is 0 Å². The Balaban J connectivity index is 2.58. The summed E-state index contributed by atoms with van der Waals surface area (Å²) in [6, 6.07) is 2.01. The molecule has 0 saturated heterocycles. The van der Waals surface area contributed by atoms with Crippen molar-refractivity contribution in [1.82, 2.24) is 0 Å². The summed E-state index contributed by atoms with van der Waals surface area (Å²) in [7, 11) is 0. The molecule has 0 saturated carbocycles. The first-order valence-corrected chi connectivity index (χ1v) is 4.58. The lowest BCUT2D eigenvalue weighted by Gasteiger charge is -2.15. The van der Waals surface area contributed by atoms with Crippen molar-refractivity contribution in [1.29, 1.82) is 0 Å². The highest BCUT2D eigenvalue weighted by Crippen LogP contribution is 2.42. The molecule has 1 unspecified atom stereocenters. The fourth-order valence-electron chi connectivity index (χ4n) is 1.55. The van der Waals surface area contributed by atoms with Gasteiger partial charge in [0.15, 0.2) is 11.5 Å². The Morgan fingerprint density at radius 1 is 1.25 bits per heavy atom. The lowest BCUT2D eigenvalue weighted by atomic mass is 10.0. The van der Waals surface area contributed by atoms with Crippen LogP contribution in [0.3, 0.4) is 0 Å². The molecule has 3 nitrogen and oxygen atoms in total. The van der Waals surface area contributed by atoms with Gasteiger partial charge in [-0.15, -0.1) is 0 Å². The van der Waals surface area contributed by atoms with Gasteiger partial charge in [-0.3, -0.25) is 0 Å². The topological polar surface area (TPSA) is 38.7 Å². The van der Waals surface area contributed by atoms with Gasteiger partial charge in [0.25, 0.3) is 0 Å². The molecule has 1 N–H and O–H groups in total. The van der Waals surface area contributed by atoms with Crippen LogP contribution >= 0.6 is 0 Å². The number of aliphatic hydroxyl groups excluding tert-OH is 1. The van der Waals surface area contributed by atoms with Gasteiger partial charge in [-0.05, 0) is 24.6 Å². The van der Waals surface area contributed by atoms with Crippen LogP contribution in [0.1, 0.15) is 24.2 Å². The van der Waals surface area contributed by atoms with Crippen LogP contribution < -0.4 is 9.47 Å². The second-order valence-electron chi connectivity index (χ2n) is 3.47. The predicted octanol–water partition coefficient (Wildman–Crippen LogP) is 2.49. The molecule has 0 bridgehead atoms. The van der Waals surface area contributed by atoms with Gasteiger partial charge in [-0.25, -0.2) is 0 Å². The molecule has 88 valence electrons. The molecule has 0 fully saturated rings. The number of aliphatic hydroxyl groups is 1. The minimum absolute atomic E-state index is 0.0525. The number of ether oxygens (including phenoxy) is 2. The summed E-state index contributed by atoms with van der Waals surface area (Å²) in [5.74, 6) is 0.278. The molecule has 6 heteroatoms. The van der Waals surface area contributed by atoms with Crippen LogP contribution in [0.5, 0.6) is 11.5 Å². The van der Waals surface area contributed by atoms with Crippen molar-refractivity contribution < 1.29 is 27.8 Å². The Hall–Kier alpha value is -1.43. The second-order valence-corrected chi connectivity index (χ2v) is 3.47. The maximum atomic E-state index is 12.7. The second kappa shape index (κ2) is 3.55. The number of halogens is 3. The number of benzene rings is 1. The highest BCUT2D eigenvalue weighted by atomic mass is 19.4. The standard InChI is InChI=1S/C10H9F3O3/c1-5(14)6-2-8-9(16-4-15-8)3-7(6)10(11,12)13/h2-3,5,14H,4H2,1H3. The molecule has 0 aliphatic carbocycles. The van der Waals surface area contributed by atoms with Gasteiger partial charge in [-0.1, -0.05) is 0 Å². The van der Waals surface area contributed by atoms with Crippen molar-refractivity contribution in [3.8, 4) is 11.5 Å². The molecule has 1 aromatic rings. The van der Waals surface area contributed by atoms with Crippen LogP contribution in [0.4, 0.5) is 13.2 Å². The molecule has 0 radical (unpaired) electrons. The predicted molar refractivity (Wildman–Crippen MR) is 48.2 cm³/mol. The van der Waals surface area contributed by atoms with Crippen molar-refractivity contribution in [2.75, 3.05) is 6.79 Å². The normalized spacial score (nSPS) is 16.3. The fraction of sp³-hybridized carbons (Fsp3) is 0.400. The van der Waals surface area contributed by atoms with Crippen LogP contribution in [0, 0.1) is 0 Å². The molecular weight excluding hydrogens is 225 g/mol. The summed E-state index contributed by atoms with van der Waals surface area (Å²) in [6.07, 6.45) is -5.74. The summed E-state index contributed by atoms with van der Waals surface area (Å²) < 4.78 is 47.8. The van der Waals surface area contributed by atoms with E-state index < -0.39 is 17.8 Å². The van der Waals surface area contributed by atoms with E-state index in [9.17, 15) is 18.3 Å². The molecule has 1 heterocycles. The van der Waals surface area contributed by atoms with E-state index in [1.807, 2.05) is 0 Å². The van der Waals surface area contributed by atoms with E-state index in [4.69, 9.17) is 9.47 Å². The number of hydrogen-bond acceptors (Lipinski definition) is 3. The quantitative estimate of drug-likeness (QED) is 0.811. The smallest absolute Gasteiger partial charge is 0.416 e. The first-order valence-electron chi connectivity index (χ1n) is 4.58. The van der Waals surface area contributed by atoms with E-state index in [0.29, 0.717) is 0 Å². The van der Waals surface area contributed by atoms with Crippen LogP contribution in [0.2, 0.25) is 0 Å². The number of fused-ring (bicyclic) bond motifs is 1. The molecule has 1 atom stereocenters. The minimum Gasteiger partial charge on any atom is -0.454 e. The minimum atomic E-state index is -4.52. The maximum Gasteiger partial charge on any atom is 0.416 e. The molecule has 1 aliphatic rings. The van der Waals surface area contributed by atoms with Gasteiger partial charge in [-0.2, -0.15) is 13.2 Å². The van der Waals surface area contributed by atoms with E-state index in [0.717, 1.165) is 12.1 Å². The summed E-state index contributed by atoms with van der Waals surface area (Å²) in [6.45, 7) is 1.17. The largest absolute Gasteiger partial charge is 0.454 e. The summed E-state index contributed by atoms with van der Waals surface area (Å²) >= 11 is 0. The molecule has 16 heavy (non-hydrogen) atoms. The van der Waals surface area contributed by atoms with Crippen LogP contribution in [-0.4, -0.2) is 11.9 Å². The Labute approximate surface area is 89.4 Å². The van der Waals surface area contributed by atoms with Crippen molar-refractivity contribution in [3.63, 3.8) is 0 Å². The van der Waals surface area contributed by atoms with E-state index in [-0.39, 0.29) is 23.9 Å². The number of alkyl halides is 3. The third-order valence-electron chi connectivity index (χ3n) is 2.30. The first-order chi connectivity index (χ1) is 7.39. The molecule has 2 rings (SSSR count).